The molecule has 10 heteroatoms. The van der Waals surface area contributed by atoms with Gasteiger partial charge in [0.1, 0.15) is 15.9 Å². The van der Waals surface area contributed by atoms with Crippen LogP contribution in [0.3, 0.4) is 0 Å². The quantitative estimate of drug-likeness (QED) is 0.512. The molecule has 1 atom stereocenters. The summed E-state index contributed by atoms with van der Waals surface area (Å²) in [6.45, 7) is 4.56. The van der Waals surface area contributed by atoms with Gasteiger partial charge >= 0.3 is 0 Å². The van der Waals surface area contributed by atoms with Crippen molar-refractivity contribution in [1.29, 1.82) is 0 Å². The number of hydrogen-bond donors (Lipinski definition) is 0. The highest BCUT2D eigenvalue weighted by Crippen LogP contribution is 2.37. The molecule has 140 valence electrons. The summed E-state index contributed by atoms with van der Waals surface area (Å²) in [6, 6.07) is 1.74. The fraction of sp³-hybridized carbons (Fsp3) is 0.412. The summed E-state index contributed by atoms with van der Waals surface area (Å²) in [7, 11) is -3.29. The first-order chi connectivity index (χ1) is 12.8. The second-order valence-corrected chi connectivity index (χ2v) is 9.99. The van der Waals surface area contributed by atoms with E-state index in [9.17, 15) is 8.42 Å². The van der Waals surface area contributed by atoms with Gasteiger partial charge in [-0.25, -0.2) is 27.9 Å². The van der Waals surface area contributed by atoms with Crippen LogP contribution in [0.25, 0.3) is 26.1 Å². The largest absolute Gasteiger partial charge is 0.242 e. The van der Waals surface area contributed by atoms with Gasteiger partial charge in [0.05, 0.1) is 17.8 Å². The first-order valence-electron chi connectivity index (χ1n) is 8.71. The number of sulfonamides is 1. The van der Waals surface area contributed by atoms with E-state index >= 15 is 0 Å². The van der Waals surface area contributed by atoms with Gasteiger partial charge in [0.25, 0.3) is 0 Å². The fourth-order valence-electron chi connectivity index (χ4n) is 3.92. The number of aromatic nitrogens is 5. The fourth-order valence-corrected chi connectivity index (χ4v) is 6.27. The summed E-state index contributed by atoms with van der Waals surface area (Å²) in [5.41, 5.74) is 3.69. The Kier molecular flexibility index (Phi) is 3.56. The highest BCUT2D eigenvalue weighted by molar-refractivity contribution is 7.88. The molecule has 0 spiro atoms. The van der Waals surface area contributed by atoms with E-state index < -0.39 is 10.0 Å². The van der Waals surface area contributed by atoms with E-state index in [0.29, 0.717) is 18.0 Å². The molecular formula is C17H18N6O2S2. The van der Waals surface area contributed by atoms with E-state index in [1.807, 2.05) is 6.92 Å². The Morgan fingerprint density at radius 3 is 2.85 bits per heavy atom. The van der Waals surface area contributed by atoms with Gasteiger partial charge in [-0.1, -0.05) is 0 Å². The molecule has 1 aliphatic rings. The van der Waals surface area contributed by atoms with Crippen LogP contribution in [-0.4, -0.2) is 50.1 Å². The lowest BCUT2D eigenvalue weighted by Crippen LogP contribution is -2.30. The maximum atomic E-state index is 12.1. The standard InChI is InChI=1S/C17H18N6O2S2/c1-9-7-10(2)19-17-12(9)13-14(26-17)16-20-15(21-22(16)8-18-13)11-5-4-6-23(11)27(3,24)25/h7-8,11H,4-6H2,1-3H3. The Morgan fingerprint density at radius 1 is 1.26 bits per heavy atom. The lowest BCUT2D eigenvalue weighted by Gasteiger charge is -2.19. The molecule has 0 amide bonds. The third kappa shape index (κ3) is 2.54. The molecule has 0 saturated carbocycles. The summed E-state index contributed by atoms with van der Waals surface area (Å²) in [4.78, 5) is 14.9. The average Bonchev–Trinajstić information content (AvgIpc) is 3.28. The van der Waals surface area contributed by atoms with Crippen LogP contribution in [0, 0.1) is 13.8 Å². The predicted molar refractivity (Wildman–Crippen MR) is 104 cm³/mol. The van der Waals surface area contributed by atoms with Gasteiger partial charge in [-0.2, -0.15) is 4.31 Å². The van der Waals surface area contributed by atoms with E-state index in [-0.39, 0.29) is 6.04 Å². The molecular weight excluding hydrogens is 384 g/mol. The Morgan fingerprint density at radius 2 is 2.07 bits per heavy atom. The molecule has 1 aliphatic heterocycles. The van der Waals surface area contributed by atoms with Crippen LogP contribution < -0.4 is 0 Å². The third-order valence-corrected chi connectivity index (χ3v) is 7.39. The summed E-state index contributed by atoms with van der Waals surface area (Å²) in [5, 5.41) is 5.59. The summed E-state index contributed by atoms with van der Waals surface area (Å²) in [6.07, 6.45) is 4.43. The Hall–Kier alpha value is -2.17. The van der Waals surface area contributed by atoms with Crippen molar-refractivity contribution < 1.29 is 8.42 Å². The number of rotatable bonds is 2. The normalized spacial score (nSPS) is 19.0. The van der Waals surface area contributed by atoms with Crippen LogP contribution in [0.2, 0.25) is 0 Å². The first-order valence-corrected chi connectivity index (χ1v) is 11.4. The van der Waals surface area contributed by atoms with Crippen LogP contribution >= 0.6 is 11.3 Å². The van der Waals surface area contributed by atoms with Crippen LogP contribution in [0.4, 0.5) is 0 Å². The molecule has 0 N–H and O–H groups in total. The average molecular weight is 403 g/mol. The molecule has 1 saturated heterocycles. The Balaban J connectivity index is 1.74. The number of fused-ring (bicyclic) bond motifs is 5. The highest BCUT2D eigenvalue weighted by Gasteiger charge is 2.35. The van der Waals surface area contributed by atoms with Crippen LogP contribution in [0.15, 0.2) is 12.4 Å². The van der Waals surface area contributed by atoms with Gasteiger partial charge in [0.2, 0.25) is 10.0 Å². The van der Waals surface area contributed by atoms with Crippen molar-refractivity contribution in [1.82, 2.24) is 28.9 Å². The molecule has 5 rings (SSSR count). The van der Waals surface area contributed by atoms with Crippen molar-refractivity contribution in [3.05, 3.63) is 29.5 Å². The predicted octanol–water partition coefficient (Wildman–Crippen LogP) is 2.60. The van der Waals surface area contributed by atoms with E-state index in [2.05, 4.69) is 28.1 Å². The van der Waals surface area contributed by atoms with E-state index in [1.54, 1.807) is 22.2 Å². The monoisotopic (exact) mass is 402 g/mol. The molecule has 0 aromatic carbocycles. The van der Waals surface area contributed by atoms with Crippen LogP contribution in [0.1, 0.15) is 36.0 Å². The minimum Gasteiger partial charge on any atom is -0.242 e. The number of pyridine rings is 1. The van der Waals surface area contributed by atoms with E-state index in [1.165, 1.54) is 10.6 Å². The van der Waals surface area contributed by atoms with Crippen molar-refractivity contribution in [3.8, 4) is 0 Å². The maximum Gasteiger partial charge on any atom is 0.211 e. The van der Waals surface area contributed by atoms with Crippen molar-refractivity contribution in [2.24, 2.45) is 0 Å². The molecule has 0 bridgehead atoms. The van der Waals surface area contributed by atoms with Gasteiger partial charge in [-0.3, -0.25) is 0 Å². The minimum atomic E-state index is -3.29. The van der Waals surface area contributed by atoms with Gasteiger partial charge in [0, 0.05) is 17.6 Å². The molecule has 1 fully saturated rings. The maximum absolute atomic E-state index is 12.1. The third-order valence-electron chi connectivity index (χ3n) is 5.04. The molecule has 27 heavy (non-hydrogen) atoms. The first kappa shape index (κ1) is 17.0. The van der Waals surface area contributed by atoms with Crippen molar-refractivity contribution in [3.63, 3.8) is 0 Å². The minimum absolute atomic E-state index is 0.313. The number of aryl methyl sites for hydroxylation is 2. The van der Waals surface area contributed by atoms with Crippen molar-refractivity contribution in [2.45, 2.75) is 32.7 Å². The molecule has 0 radical (unpaired) electrons. The zero-order chi connectivity index (χ0) is 18.9. The molecule has 1 unspecified atom stereocenters. The molecule has 8 nitrogen and oxygen atoms in total. The number of nitrogens with zero attached hydrogens (tertiary/aromatic N) is 6. The lowest BCUT2D eigenvalue weighted by molar-refractivity contribution is 0.387. The molecule has 4 aromatic heterocycles. The van der Waals surface area contributed by atoms with Gasteiger partial charge in [0.15, 0.2) is 11.5 Å². The second kappa shape index (κ2) is 5.66. The zero-order valence-electron chi connectivity index (χ0n) is 15.2. The van der Waals surface area contributed by atoms with Crippen molar-refractivity contribution in [2.75, 3.05) is 12.8 Å². The van der Waals surface area contributed by atoms with Crippen LogP contribution in [0.5, 0.6) is 0 Å². The van der Waals surface area contributed by atoms with Crippen molar-refractivity contribution >= 4 is 47.4 Å². The zero-order valence-corrected chi connectivity index (χ0v) is 16.8. The highest BCUT2D eigenvalue weighted by atomic mass is 32.2. The van der Waals surface area contributed by atoms with E-state index in [4.69, 9.17) is 4.98 Å². The molecule has 0 aliphatic carbocycles. The van der Waals surface area contributed by atoms with Gasteiger partial charge in [-0.15, -0.1) is 16.4 Å². The second-order valence-electron chi connectivity index (χ2n) is 7.05. The number of thiophene rings is 1. The molecule has 5 heterocycles. The van der Waals surface area contributed by atoms with Crippen LogP contribution in [-0.2, 0) is 10.0 Å². The summed E-state index contributed by atoms with van der Waals surface area (Å²) in [5.74, 6) is 0.533. The SMILES string of the molecule is Cc1cc(C)c2c(n1)sc1c2ncn2nc(C3CCCN3S(C)(=O)=O)nc12. The lowest BCUT2D eigenvalue weighted by atomic mass is 10.1. The topological polar surface area (TPSA) is 93.4 Å². The summed E-state index contributed by atoms with van der Waals surface area (Å²) >= 11 is 1.55. The van der Waals surface area contributed by atoms with E-state index in [0.717, 1.165) is 44.5 Å². The smallest absolute Gasteiger partial charge is 0.211 e. The van der Waals surface area contributed by atoms with Gasteiger partial charge in [-0.05, 0) is 38.3 Å². The Bertz CT molecular complexity index is 1320. The Labute approximate surface area is 159 Å². The molecule has 4 aromatic rings. The number of hydrogen-bond acceptors (Lipinski definition) is 7. The van der Waals surface area contributed by atoms with Gasteiger partial charge < -0.3 is 0 Å². The summed E-state index contributed by atoms with van der Waals surface area (Å²) < 4.78 is 28.2.